The lowest BCUT2D eigenvalue weighted by atomic mass is 10.1. The van der Waals surface area contributed by atoms with Gasteiger partial charge in [-0.25, -0.2) is 12.8 Å². The number of hydrogen-bond acceptors (Lipinski definition) is 5. The Labute approximate surface area is 169 Å². The van der Waals surface area contributed by atoms with Crippen LogP contribution in [0.15, 0.2) is 41.3 Å². The third kappa shape index (κ3) is 6.10. The van der Waals surface area contributed by atoms with E-state index in [2.05, 4.69) is 10.0 Å². The van der Waals surface area contributed by atoms with Crippen LogP contribution in [0.5, 0.6) is 0 Å². The summed E-state index contributed by atoms with van der Waals surface area (Å²) in [6, 6.07) is 8.78. The first-order valence-electron chi connectivity index (χ1n) is 8.83. The molecule has 0 aliphatic carbocycles. The summed E-state index contributed by atoms with van der Waals surface area (Å²) in [7, 11) is -3.90. The normalized spacial score (nSPS) is 12.3. The molecule has 0 aromatic heterocycles. The molecule has 0 aliphatic rings. The van der Waals surface area contributed by atoms with Gasteiger partial charge in [-0.05, 0) is 68.7 Å². The van der Waals surface area contributed by atoms with Crippen molar-refractivity contribution in [2.45, 2.75) is 38.7 Å². The molecule has 7 nitrogen and oxygen atoms in total. The van der Waals surface area contributed by atoms with E-state index in [0.29, 0.717) is 5.56 Å². The minimum absolute atomic E-state index is 0.0283. The molecule has 0 fully saturated rings. The Kier molecular flexibility index (Phi) is 7.10. The summed E-state index contributed by atoms with van der Waals surface area (Å²) in [5, 5.41) is 2.43. The van der Waals surface area contributed by atoms with Crippen molar-refractivity contribution in [2.75, 3.05) is 11.9 Å². The molecule has 0 saturated heterocycles. The highest BCUT2D eigenvalue weighted by atomic mass is 32.2. The van der Waals surface area contributed by atoms with Crippen LogP contribution in [0.3, 0.4) is 0 Å². The Morgan fingerprint density at radius 3 is 2.31 bits per heavy atom. The number of benzene rings is 2. The Morgan fingerprint density at radius 1 is 1.03 bits per heavy atom. The first-order chi connectivity index (χ1) is 13.5. The topological polar surface area (TPSA) is 102 Å². The van der Waals surface area contributed by atoms with Crippen LogP contribution in [0.25, 0.3) is 0 Å². The maximum atomic E-state index is 13.5. The van der Waals surface area contributed by atoms with Crippen LogP contribution < -0.4 is 10.0 Å². The molecule has 1 unspecified atom stereocenters. The Balaban J connectivity index is 1.91. The maximum Gasteiger partial charge on any atom is 0.321 e. The lowest BCUT2D eigenvalue weighted by molar-refractivity contribution is -0.151. The predicted octanol–water partition coefficient (Wildman–Crippen LogP) is 2.60. The SMILES string of the molecule is Cc1ccc(S(=O)(=O)NCC(=O)OC(C)C(=O)Nc2ccc(C)c(F)c2)cc1C. The van der Waals surface area contributed by atoms with Crippen molar-refractivity contribution >= 4 is 27.6 Å². The molecule has 0 bridgehead atoms. The Bertz CT molecular complexity index is 1040. The van der Waals surface area contributed by atoms with Crippen molar-refractivity contribution in [1.29, 1.82) is 0 Å². The average Bonchev–Trinajstić information content (AvgIpc) is 2.65. The number of anilines is 1. The van der Waals surface area contributed by atoms with Crippen LogP contribution in [0, 0.1) is 26.6 Å². The van der Waals surface area contributed by atoms with Crippen LogP contribution >= 0.6 is 0 Å². The second kappa shape index (κ2) is 9.15. The largest absolute Gasteiger partial charge is 0.452 e. The van der Waals surface area contributed by atoms with E-state index in [-0.39, 0.29) is 10.6 Å². The minimum atomic E-state index is -3.90. The number of aryl methyl sites for hydroxylation is 3. The molecule has 2 rings (SSSR count). The summed E-state index contributed by atoms with van der Waals surface area (Å²) in [6.07, 6.45) is -1.20. The number of carbonyl (C=O) groups excluding carboxylic acids is 2. The molecule has 2 aromatic rings. The van der Waals surface area contributed by atoms with Gasteiger partial charge in [-0.3, -0.25) is 9.59 Å². The fourth-order valence-electron chi connectivity index (χ4n) is 2.33. The smallest absolute Gasteiger partial charge is 0.321 e. The van der Waals surface area contributed by atoms with Gasteiger partial charge in [-0.1, -0.05) is 12.1 Å². The zero-order valence-corrected chi connectivity index (χ0v) is 17.4. The van der Waals surface area contributed by atoms with Gasteiger partial charge in [0.15, 0.2) is 6.10 Å². The molecule has 156 valence electrons. The van der Waals surface area contributed by atoms with Crippen molar-refractivity contribution in [3.8, 4) is 0 Å². The van der Waals surface area contributed by atoms with Crippen molar-refractivity contribution in [2.24, 2.45) is 0 Å². The van der Waals surface area contributed by atoms with E-state index in [1.165, 1.54) is 31.2 Å². The minimum Gasteiger partial charge on any atom is -0.452 e. The predicted molar refractivity (Wildman–Crippen MR) is 106 cm³/mol. The molecule has 1 amide bonds. The van der Waals surface area contributed by atoms with Crippen molar-refractivity contribution in [1.82, 2.24) is 4.72 Å². The number of ether oxygens (including phenoxy) is 1. The molecule has 29 heavy (non-hydrogen) atoms. The summed E-state index contributed by atoms with van der Waals surface area (Å²) in [5.41, 5.74) is 2.39. The Morgan fingerprint density at radius 2 is 1.69 bits per heavy atom. The molecule has 0 spiro atoms. The fourth-order valence-corrected chi connectivity index (χ4v) is 3.38. The van der Waals surface area contributed by atoms with Crippen LogP contribution in [0.1, 0.15) is 23.6 Å². The molecule has 9 heteroatoms. The summed E-state index contributed by atoms with van der Waals surface area (Å²) in [4.78, 5) is 24.0. The van der Waals surface area contributed by atoms with Gasteiger partial charge in [0.2, 0.25) is 10.0 Å². The summed E-state index contributed by atoms with van der Waals surface area (Å²) in [5.74, 6) is -2.07. The van der Waals surface area contributed by atoms with Crippen molar-refractivity contribution in [3.05, 3.63) is 58.9 Å². The van der Waals surface area contributed by atoms with Crippen molar-refractivity contribution < 1.29 is 27.1 Å². The van der Waals surface area contributed by atoms with Gasteiger partial charge >= 0.3 is 5.97 Å². The van der Waals surface area contributed by atoms with E-state index in [9.17, 15) is 22.4 Å². The molecule has 2 N–H and O–H groups in total. The van der Waals surface area contributed by atoms with Gasteiger partial charge in [0.1, 0.15) is 12.4 Å². The number of hydrogen-bond donors (Lipinski definition) is 2. The highest BCUT2D eigenvalue weighted by molar-refractivity contribution is 7.89. The van der Waals surface area contributed by atoms with E-state index in [1.54, 1.807) is 19.9 Å². The van der Waals surface area contributed by atoms with Gasteiger partial charge in [0.05, 0.1) is 4.90 Å². The van der Waals surface area contributed by atoms with Gasteiger partial charge in [0, 0.05) is 5.69 Å². The summed E-state index contributed by atoms with van der Waals surface area (Å²) < 4.78 is 45.2. The number of esters is 1. The number of nitrogens with one attached hydrogen (secondary N) is 2. The first-order valence-corrected chi connectivity index (χ1v) is 10.3. The molecule has 1 atom stereocenters. The molecule has 2 aromatic carbocycles. The highest BCUT2D eigenvalue weighted by Gasteiger charge is 2.21. The summed E-state index contributed by atoms with van der Waals surface area (Å²) in [6.45, 7) is 5.92. The maximum absolute atomic E-state index is 13.5. The molecule has 0 aliphatic heterocycles. The lowest BCUT2D eigenvalue weighted by Crippen LogP contribution is -2.35. The number of sulfonamides is 1. The lowest BCUT2D eigenvalue weighted by Gasteiger charge is -2.14. The molecular formula is C20H23FN2O5S. The number of amides is 1. The zero-order chi connectivity index (χ0) is 21.8. The van der Waals surface area contributed by atoms with E-state index < -0.39 is 40.4 Å². The third-order valence-electron chi connectivity index (χ3n) is 4.31. The average molecular weight is 422 g/mol. The van der Waals surface area contributed by atoms with E-state index in [4.69, 9.17) is 4.74 Å². The van der Waals surface area contributed by atoms with Crippen molar-refractivity contribution in [3.63, 3.8) is 0 Å². The standard InChI is InChI=1S/C20H23FN2O5S/c1-12-6-8-17(9-14(12)3)29(26,27)22-11-19(24)28-15(4)20(25)23-16-7-5-13(2)18(21)10-16/h5-10,15,22H,11H2,1-4H3,(H,23,25). The van der Waals surface area contributed by atoms with E-state index >= 15 is 0 Å². The van der Waals surface area contributed by atoms with Crippen LogP contribution in [-0.2, 0) is 24.3 Å². The zero-order valence-electron chi connectivity index (χ0n) is 16.6. The van der Waals surface area contributed by atoms with Crippen LogP contribution in [0.2, 0.25) is 0 Å². The second-order valence-electron chi connectivity index (χ2n) is 6.66. The van der Waals surface area contributed by atoms with Gasteiger partial charge in [-0.2, -0.15) is 4.72 Å². The molecule has 0 saturated carbocycles. The first kappa shape index (κ1) is 22.5. The third-order valence-corrected chi connectivity index (χ3v) is 5.71. The highest BCUT2D eigenvalue weighted by Crippen LogP contribution is 2.15. The van der Waals surface area contributed by atoms with Gasteiger partial charge < -0.3 is 10.1 Å². The van der Waals surface area contributed by atoms with Gasteiger partial charge in [-0.15, -0.1) is 0 Å². The Hall–Kier alpha value is -2.78. The van der Waals surface area contributed by atoms with E-state index in [1.807, 2.05) is 6.92 Å². The van der Waals surface area contributed by atoms with E-state index in [0.717, 1.165) is 17.2 Å². The summed E-state index contributed by atoms with van der Waals surface area (Å²) >= 11 is 0. The number of rotatable bonds is 7. The molecular weight excluding hydrogens is 399 g/mol. The fraction of sp³-hybridized carbons (Fsp3) is 0.300. The van der Waals surface area contributed by atoms with Gasteiger partial charge in [0.25, 0.3) is 5.91 Å². The number of halogens is 1. The second-order valence-corrected chi connectivity index (χ2v) is 8.42. The monoisotopic (exact) mass is 422 g/mol. The molecule has 0 heterocycles. The number of carbonyl (C=O) groups is 2. The van der Waals surface area contributed by atoms with Crippen LogP contribution in [0.4, 0.5) is 10.1 Å². The quantitative estimate of drug-likeness (QED) is 0.668. The van der Waals surface area contributed by atoms with Crippen LogP contribution in [-0.4, -0.2) is 32.9 Å². The molecule has 0 radical (unpaired) electrons.